The predicted octanol–water partition coefficient (Wildman–Crippen LogP) is 10.6. The van der Waals surface area contributed by atoms with Crippen molar-refractivity contribution >= 4 is 29.3 Å². The van der Waals surface area contributed by atoms with Crippen molar-refractivity contribution in [1.29, 1.82) is 0 Å². The smallest absolute Gasteiger partial charge is 0.190 e. The highest BCUT2D eigenvalue weighted by molar-refractivity contribution is 6.55. The number of benzene rings is 5. The first kappa shape index (κ1) is 34.0. The van der Waals surface area contributed by atoms with E-state index in [1.807, 2.05) is 30.3 Å². The van der Waals surface area contributed by atoms with E-state index in [-0.39, 0.29) is 22.9 Å². The van der Waals surface area contributed by atoms with E-state index in [1.165, 1.54) is 44.3 Å². The molecule has 5 nitrogen and oxygen atoms in total. The van der Waals surface area contributed by atoms with E-state index in [4.69, 9.17) is 9.72 Å². The molecule has 1 aliphatic heterocycles. The standard InChI is InChI=1S/C48H42BN4O/c1-47(2)46(54-48(47,3)4)49-41-20-10-17-36(29-41)38-22-23-43-39(27-38)24-25-53(43)42-21-11-18-37(30-42)34-15-8-14-33(26-34)35-16-9-19-40(28-35)45-51-31-50-44(52-45)32-12-6-5-7-13-32/h5-17,19-31,37,46H,18H2,1-4H3/t37?,46-/m1/s1. The van der Waals surface area contributed by atoms with Crippen molar-refractivity contribution in [3.05, 3.63) is 164 Å². The Morgan fingerprint density at radius 2 is 1.35 bits per heavy atom. The molecule has 7 aromatic rings. The zero-order valence-electron chi connectivity index (χ0n) is 31.1. The lowest BCUT2D eigenvalue weighted by Crippen LogP contribution is -2.66. The molecule has 2 aromatic heterocycles. The molecule has 1 fully saturated rings. The summed E-state index contributed by atoms with van der Waals surface area (Å²) in [5.74, 6) is 1.60. The monoisotopic (exact) mass is 701 g/mol. The molecule has 1 radical (unpaired) electrons. The summed E-state index contributed by atoms with van der Waals surface area (Å²) >= 11 is 0. The van der Waals surface area contributed by atoms with Crippen molar-refractivity contribution in [2.24, 2.45) is 5.41 Å². The van der Waals surface area contributed by atoms with Crippen LogP contribution in [0.1, 0.15) is 45.6 Å². The summed E-state index contributed by atoms with van der Waals surface area (Å²) in [5.41, 5.74) is 11.5. The van der Waals surface area contributed by atoms with Gasteiger partial charge in [0, 0.05) is 45.7 Å². The van der Waals surface area contributed by atoms with Crippen molar-refractivity contribution in [2.45, 2.75) is 51.6 Å². The summed E-state index contributed by atoms with van der Waals surface area (Å²) in [4.78, 5) is 13.7. The van der Waals surface area contributed by atoms with Crippen LogP contribution in [-0.4, -0.2) is 38.4 Å². The molecule has 9 rings (SSSR count). The van der Waals surface area contributed by atoms with E-state index >= 15 is 0 Å². The van der Waals surface area contributed by atoms with Gasteiger partial charge in [-0.2, -0.15) is 0 Å². The molecule has 0 saturated carbocycles. The fourth-order valence-electron chi connectivity index (χ4n) is 7.69. The highest BCUT2D eigenvalue weighted by atomic mass is 16.5. The minimum absolute atomic E-state index is 0.0890. The maximum Gasteiger partial charge on any atom is 0.190 e. The molecule has 0 spiro atoms. The van der Waals surface area contributed by atoms with Gasteiger partial charge in [-0.15, -0.1) is 0 Å². The largest absolute Gasteiger partial charge is 0.380 e. The highest BCUT2D eigenvalue weighted by Crippen LogP contribution is 2.48. The lowest BCUT2D eigenvalue weighted by atomic mass is 9.49. The average Bonchev–Trinajstić information content (AvgIpc) is 3.65. The van der Waals surface area contributed by atoms with Crippen molar-refractivity contribution in [3.8, 4) is 45.0 Å². The Kier molecular flexibility index (Phi) is 8.51. The highest BCUT2D eigenvalue weighted by Gasteiger charge is 2.55. The minimum Gasteiger partial charge on any atom is -0.380 e. The molecule has 5 aromatic carbocycles. The van der Waals surface area contributed by atoms with Gasteiger partial charge in [0.15, 0.2) is 18.9 Å². The molecule has 2 atom stereocenters. The lowest BCUT2D eigenvalue weighted by Gasteiger charge is -2.58. The van der Waals surface area contributed by atoms with Gasteiger partial charge in [0.05, 0.1) is 11.1 Å². The van der Waals surface area contributed by atoms with Gasteiger partial charge in [0.2, 0.25) is 0 Å². The van der Waals surface area contributed by atoms with Gasteiger partial charge < -0.3 is 9.30 Å². The fraction of sp³-hybridized carbons (Fsp3) is 0.188. The summed E-state index contributed by atoms with van der Waals surface area (Å²) in [7, 11) is 2.27. The average molecular weight is 702 g/mol. The zero-order chi connectivity index (χ0) is 36.9. The Hall–Kier alpha value is -5.85. The maximum atomic E-state index is 6.23. The lowest BCUT2D eigenvalue weighted by molar-refractivity contribution is -0.255. The summed E-state index contributed by atoms with van der Waals surface area (Å²) in [6.07, 6.45) is 11.7. The van der Waals surface area contributed by atoms with Crippen LogP contribution in [0.2, 0.25) is 0 Å². The number of rotatable bonds is 8. The number of aromatic nitrogens is 4. The quantitative estimate of drug-likeness (QED) is 0.148. The molecular formula is C48H42BN4O. The molecule has 0 amide bonds. The topological polar surface area (TPSA) is 52.8 Å². The molecular weight excluding hydrogens is 659 g/mol. The van der Waals surface area contributed by atoms with E-state index in [0.29, 0.717) is 11.6 Å². The van der Waals surface area contributed by atoms with Crippen LogP contribution in [0.25, 0.3) is 61.6 Å². The Morgan fingerprint density at radius 3 is 2.15 bits per heavy atom. The normalized spacial score (nSPS) is 18.6. The second-order valence-corrected chi connectivity index (χ2v) is 15.6. The van der Waals surface area contributed by atoms with Gasteiger partial charge in [-0.1, -0.05) is 135 Å². The van der Waals surface area contributed by atoms with E-state index in [1.54, 1.807) is 6.33 Å². The van der Waals surface area contributed by atoms with Crippen molar-refractivity contribution < 1.29 is 4.74 Å². The number of hydrogen-bond donors (Lipinski definition) is 0. The van der Waals surface area contributed by atoms with Crippen LogP contribution in [0.5, 0.6) is 0 Å². The van der Waals surface area contributed by atoms with Crippen LogP contribution < -0.4 is 5.46 Å². The van der Waals surface area contributed by atoms with Crippen molar-refractivity contribution in [3.63, 3.8) is 0 Å². The number of ether oxygens (including phenoxy) is 1. The molecule has 0 N–H and O–H groups in total. The molecule has 3 heterocycles. The van der Waals surface area contributed by atoms with Gasteiger partial charge in [0.1, 0.15) is 6.33 Å². The molecule has 1 unspecified atom stereocenters. The van der Waals surface area contributed by atoms with E-state index in [2.05, 4.69) is 171 Å². The predicted molar refractivity (Wildman–Crippen MR) is 222 cm³/mol. The molecule has 0 bridgehead atoms. The minimum atomic E-state index is -0.116. The third-order valence-corrected chi connectivity index (χ3v) is 11.6. The first-order valence-electron chi connectivity index (χ1n) is 18.8. The van der Waals surface area contributed by atoms with Crippen LogP contribution in [0.4, 0.5) is 0 Å². The summed E-state index contributed by atoms with van der Waals surface area (Å²) < 4.78 is 8.55. The third-order valence-electron chi connectivity index (χ3n) is 11.6. The van der Waals surface area contributed by atoms with Crippen molar-refractivity contribution in [2.75, 3.05) is 0 Å². The molecule has 6 heteroatoms. The van der Waals surface area contributed by atoms with E-state index in [0.717, 1.165) is 23.1 Å². The van der Waals surface area contributed by atoms with Gasteiger partial charge >= 0.3 is 0 Å². The summed E-state index contributed by atoms with van der Waals surface area (Å²) in [6, 6.07) is 45.3. The number of nitrogens with zero attached hydrogens (tertiary/aromatic N) is 4. The summed E-state index contributed by atoms with van der Waals surface area (Å²) in [6.45, 7) is 8.93. The molecule has 54 heavy (non-hydrogen) atoms. The molecule has 263 valence electrons. The molecule has 1 aliphatic carbocycles. The Bertz CT molecular complexity index is 2570. The number of allylic oxidation sites excluding steroid dienone is 4. The second-order valence-electron chi connectivity index (χ2n) is 15.6. The van der Waals surface area contributed by atoms with E-state index in [9.17, 15) is 0 Å². The van der Waals surface area contributed by atoms with Crippen LogP contribution in [0.3, 0.4) is 0 Å². The number of hydrogen-bond acceptors (Lipinski definition) is 4. The molecule has 2 aliphatic rings. The van der Waals surface area contributed by atoms with Gasteiger partial charge in [-0.3, -0.25) is 0 Å². The number of fused-ring (bicyclic) bond motifs is 1. The SMILES string of the molecule is CC1(C)O[C@@H]([B]c2cccc(-c3ccc4c(ccn4C4=CC(c5cccc(-c6cccc(-c7ncnc(-c8ccccc8)n7)c6)c5)CC=C4)c3)c2)C1(C)C. The second kappa shape index (κ2) is 13.5. The Labute approximate surface area is 318 Å². The van der Waals surface area contributed by atoms with Crippen LogP contribution in [-0.2, 0) is 4.74 Å². The van der Waals surface area contributed by atoms with Gasteiger partial charge in [0.25, 0.3) is 0 Å². The summed E-state index contributed by atoms with van der Waals surface area (Å²) in [5, 5.41) is 1.22. The van der Waals surface area contributed by atoms with Gasteiger partial charge in [-0.05, 0) is 78.4 Å². The third kappa shape index (κ3) is 6.31. The van der Waals surface area contributed by atoms with Crippen LogP contribution in [0, 0.1) is 5.41 Å². The van der Waals surface area contributed by atoms with Crippen molar-refractivity contribution in [1.82, 2.24) is 19.5 Å². The first-order chi connectivity index (χ1) is 26.2. The Morgan fingerprint density at radius 1 is 0.667 bits per heavy atom. The molecule has 1 saturated heterocycles. The first-order valence-corrected chi connectivity index (χ1v) is 18.8. The maximum absolute atomic E-state index is 6.23. The van der Waals surface area contributed by atoms with Crippen LogP contribution >= 0.6 is 0 Å². The van der Waals surface area contributed by atoms with Gasteiger partial charge in [-0.25, -0.2) is 15.0 Å². The fourth-order valence-corrected chi connectivity index (χ4v) is 7.69. The van der Waals surface area contributed by atoms with E-state index < -0.39 is 0 Å². The Balaban J connectivity index is 0.948. The van der Waals surface area contributed by atoms with Crippen LogP contribution in [0.15, 0.2) is 158 Å². The zero-order valence-corrected chi connectivity index (χ0v) is 31.1.